The van der Waals surface area contributed by atoms with Gasteiger partial charge in [0.2, 0.25) is 11.8 Å². The predicted molar refractivity (Wildman–Crippen MR) is 73.4 cm³/mol. The Morgan fingerprint density at radius 3 is 2.10 bits per heavy atom. The van der Waals surface area contributed by atoms with Crippen molar-refractivity contribution in [1.29, 1.82) is 0 Å². The number of anilines is 1. The number of aliphatic carboxylic acids is 1. The third-order valence-electron chi connectivity index (χ3n) is 3.35. The molecule has 2 rings (SSSR count). The van der Waals surface area contributed by atoms with E-state index in [-0.39, 0.29) is 18.2 Å². The zero-order valence-electron chi connectivity index (χ0n) is 11.2. The molecule has 0 unspecified atom stereocenters. The average Bonchev–Trinajstić information content (AvgIpc) is 2.58. The van der Waals surface area contributed by atoms with E-state index in [1.165, 1.54) is 4.90 Å². The van der Waals surface area contributed by atoms with E-state index in [0.29, 0.717) is 24.9 Å². The molecule has 1 aliphatic rings. The predicted octanol–water partition coefficient (Wildman–Crippen LogP) is 2.14. The molecule has 5 nitrogen and oxygen atoms in total. The minimum atomic E-state index is -0.841. The first kappa shape index (κ1) is 14.2. The Kier molecular flexibility index (Phi) is 4.50. The number of carbonyl (C=O) groups is 3. The van der Waals surface area contributed by atoms with Gasteiger partial charge in [0.1, 0.15) is 0 Å². The lowest BCUT2D eigenvalue weighted by molar-refractivity contribution is -0.137. The van der Waals surface area contributed by atoms with E-state index in [1.807, 2.05) is 0 Å². The van der Waals surface area contributed by atoms with Crippen LogP contribution in [0.25, 0.3) is 0 Å². The van der Waals surface area contributed by atoms with Crippen LogP contribution < -0.4 is 4.90 Å². The molecule has 1 aromatic rings. The van der Waals surface area contributed by atoms with Crippen LogP contribution in [-0.4, -0.2) is 22.9 Å². The number of aryl methyl sites for hydroxylation is 1. The Labute approximate surface area is 117 Å². The van der Waals surface area contributed by atoms with Gasteiger partial charge in [0.05, 0.1) is 5.69 Å². The minimum Gasteiger partial charge on any atom is -0.481 e. The van der Waals surface area contributed by atoms with E-state index in [1.54, 1.807) is 24.3 Å². The monoisotopic (exact) mass is 275 g/mol. The topological polar surface area (TPSA) is 74.7 Å². The summed E-state index contributed by atoms with van der Waals surface area (Å²) in [6.07, 6.45) is 2.80. The summed E-state index contributed by atoms with van der Waals surface area (Å²) in [5, 5.41) is 8.64. The van der Waals surface area contributed by atoms with Gasteiger partial charge in [-0.15, -0.1) is 0 Å². The molecule has 0 aromatic heterocycles. The fraction of sp³-hybridized carbons (Fsp3) is 0.400. The molecule has 0 saturated carbocycles. The summed E-state index contributed by atoms with van der Waals surface area (Å²) >= 11 is 0. The highest BCUT2D eigenvalue weighted by Gasteiger charge is 2.25. The second kappa shape index (κ2) is 6.32. The molecular weight excluding hydrogens is 258 g/mol. The molecule has 2 amide bonds. The second-order valence-electron chi connectivity index (χ2n) is 4.89. The minimum absolute atomic E-state index is 0.0704. The number of hydrogen-bond donors (Lipinski definition) is 1. The van der Waals surface area contributed by atoms with Gasteiger partial charge in [0, 0.05) is 19.3 Å². The molecule has 0 spiro atoms. The van der Waals surface area contributed by atoms with Crippen molar-refractivity contribution in [1.82, 2.24) is 0 Å². The van der Waals surface area contributed by atoms with Gasteiger partial charge in [-0.05, 0) is 37.0 Å². The third kappa shape index (κ3) is 3.44. The first-order valence-corrected chi connectivity index (χ1v) is 6.74. The fourth-order valence-electron chi connectivity index (χ4n) is 2.27. The lowest BCUT2D eigenvalue weighted by Gasteiger charge is -2.18. The molecule has 1 fully saturated rings. The first-order chi connectivity index (χ1) is 9.58. The van der Waals surface area contributed by atoms with Crippen LogP contribution in [0, 0.1) is 0 Å². The smallest absolute Gasteiger partial charge is 0.303 e. The quantitative estimate of drug-likeness (QED) is 0.854. The molecule has 0 bridgehead atoms. The van der Waals surface area contributed by atoms with Crippen LogP contribution in [0.1, 0.15) is 37.7 Å². The molecule has 1 aliphatic heterocycles. The maximum absolute atomic E-state index is 12.0. The zero-order chi connectivity index (χ0) is 14.5. The highest BCUT2D eigenvalue weighted by molar-refractivity contribution is 6.15. The number of rotatable bonds is 4. The first-order valence-electron chi connectivity index (χ1n) is 6.74. The van der Waals surface area contributed by atoms with Crippen molar-refractivity contribution in [3.05, 3.63) is 29.8 Å². The largest absolute Gasteiger partial charge is 0.481 e. The van der Waals surface area contributed by atoms with Crippen LogP contribution in [0.2, 0.25) is 0 Å². The van der Waals surface area contributed by atoms with Crippen LogP contribution >= 0.6 is 0 Å². The van der Waals surface area contributed by atoms with Crippen LogP contribution in [-0.2, 0) is 20.8 Å². The van der Waals surface area contributed by atoms with Crippen molar-refractivity contribution in [3.8, 4) is 0 Å². The highest BCUT2D eigenvalue weighted by atomic mass is 16.4. The van der Waals surface area contributed by atoms with Gasteiger partial charge in [-0.25, -0.2) is 0 Å². The van der Waals surface area contributed by atoms with Gasteiger partial charge in [0.15, 0.2) is 0 Å². The lowest BCUT2D eigenvalue weighted by Crippen LogP contribution is -2.35. The second-order valence-corrected chi connectivity index (χ2v) is 4.89. The van der Waals surface area contributed by atoms with E-state index in [4.69, 9.17) is 5.11 Å². The molecule has 1 aromatic carbocycles. The highest BCUT2D eigenvalue weighted by Crippen LogP contribution is 2.22. The van der Waals surface area contributed by atoms with Gasteiger partial charge >= 0.3 is 5.97 Å². The Hall–Kier alpha value is -2.17. The van der Waals surface area contributed by atoms with E-state index >= 15 is 0 Å². The summed E-state index contributed by atoms with van der Waals surface area (Å²) in [6.45, 7) is 0. The number of benzene rings is 1. The lowest BCUT2D eigenvalue weighted by atomic mass is 10.1. The molecule has 106 valence electrons. The van der Waals surface area contributed by atoms with Crippen molar-refractivity contribution in [2.24, 2.45) is 0 Å². The molecule has 1 saturated heterocycles. The van der Waals surface area contributed by atoms with E-state index < -0.39 is 5.97 Å². The molecular formula is C15H17NO4. The molecule has 0 atom stereocenters. The summed E-state index contributed by atoms with van der Waals surface area (Å²) in [7, 11) is 0. The number of hydrogen-bond acceptors (Lipinski definition) is 3. The van der Waals surface area contributed by atoms with Crippen LogP contribution in [0.15, 0.2) is 24.3 Å². The van der Waals surface area contributed by atoms with Gasteiger partial charge in [-0.3, -0.25) is 19.3 Å². The Bertz CT molecular complexity index is 503. The molecule has 0 aliphatic carbocycles. The number of amides is 2. The van der Waals surface area contributed by atoms with Gasteiger partial charge in [-0.1, -0.05) is 12.1 Å². The van der Waals surface area contributed by atoms with Crippen molar-refractivity contribution in [2.45, 2.75) is 38.5 Å². The summed E-state index contributed by atoms with van der Waals surface area (Å²) in [5.74, 6) is -1.16. The number of nitrogens with zero attached hydrogens (tertiary/aromatic N) is 1. The summed E-state index contributed by atoms with van der Waals surface area (Å²) in [4.78, 5) is 35.7. The Morgan fingerprint density at radius 1 is 1.05 bits per heavy atom. The van der Waals surface area contributed by atoms with Gasteiger partial charge < -0.3 is 5.11 Å². The number of carboxylic acids is 1. The number of carboxylic acid groups (broad SMARTS) is 1. The van der Waals surface area contributed by atoms with Gasteiger partial charge in [0.25, 0.3) is 0 Å². The summed E-state index contributed by atoms with van der Waals surface area (Å²) in [5.41, 5.74) is 1.45. The molecule has 5 heteroatoms. The normalized spacial score (nSPS) is 16.1. The maximum atomic E-state index is 12.0. The standard InChI is InChI=1S/C15H17NO4/c17-13-3-1-2-4-14(18)16(13)12-8-5-11(6-9-12)7-10-15(19)20/h5-6,8-9H,1-4,7,10H2,(H,19,20). The maximum Gasteiger partial charge on any atom is 0.303 e. The molecule has 20 heavy (non-hydrogen) atoms. The fourth-order valence-corrected chi connectivity index (χ4v) is 2.27. The average molecular weight is 275 g/mol. The van der Waals surface area contributed by atoms with Crippen molar-refractivity contribution >= 4 is 23.5 Å². The SMILES string of the molecule is O=C(O)CCc1ccc(N2C(=O)CCCCC2=O)cc1. The van der Waals surface area contributed by atoms with Crippen LogP contribution in [0.3, 0.4) is 0 Å². The Morgan fingerprint density at radius 2 is 1.60 bits per heavy atom. The number of carbonyl (C=O) groups excluding carboxylic acids is 2. The van der Waals surface area contributed by atoms with Crippen LogP contribution in [0.4, 0.5) is 5.69 Å². The summed E-state index contributed by atoms with van der Waals surface area (Å²) in [6, 6.07) is 6.95. The Balaban J connectivity index is 2.13. The third-order valence-corrected chi connectivity index (χ3v) is 3.35. The van der Waals surface area contributed by atoms with Gasteiger partial charge in [-0.2, -0.15) is 0 Å². The van der Waals surface area contributed by atoms with E-state index in [0.717, 1.165) is 18.4 Å². The van der Waals surface area contributed by atoms with Crippen molar-refractivity contribution in [3.63, 3.8) is 0 Å². The summed E-state index contributed by atoms with van der Waals surface area (Å²) < 4.78 is 0. The molecule has 1 heterocycles. The molecule has 0 radical (unpaired) electrons. The van der Waals surface area contributed by atoms with E-state index in [9.17, 15) is 14.4 Å². The number of imide groups is 1. The van der Waals surface area contributed by atoms with Crippen molar-refractivity contribution < 1.29 is 19.5 Å². The molecule has 1 N–H and O–H groups in total. The van der Waals surface area contributed by atoms with E-state index in [2.05, 4.69) is 0 Å². The van der Waals surface area contributed by atoms with Crippen LogP contribution in [0.5, 0.6) is 0 Å². The van der Waals surface area contributed by atoms with Crippen molar-refractivity contribution in [2.75, 3.05) is 4.90 Å². The zero-order valence-corrected chi connectivity index (χ0v) is 11.2.